The van der Waals surface area contributed by atoms with E-state index < -0.39 is 5.54 Å². The lowest BCUT2D eigenvalue weighted by atomic mass is 9.90. The molecule has 0 bridgehead atoms. The zero-order valence-electron chi connectivity index (χ0n) is 19.1. The van der Waals surface area contributed by atoms with Crippen LogP contribution in [0.25, 0.3) is 4.91 Å². The molecular formula is C25H27FN4O2S. The summed E-state index contributed by atoms with van der Waals surface area (Å²) in [6.45, 7) is 4.77. The number of hydrogen-bond donors (Lipinski definition) is 1. The van der Waals surface area contributed by atoms with Crippen molar-refractivity contribution >= 4 is 33.1 Å². The molecule has 0 fully saturated rings. The molecule has 2 heterocycles. The van der Waals surface area contributed by atoms with E-state index in [4.69, 9.17) is 14.6 Å². The highest BCUT2D eigenvalue weighted by atomic mass is 32.2. The second-order valence-electron chi connectivity index (χ2n) is 8.06. The van der Waals surface area contributed by atoms with E-state index in [1.54, 1.807) is 37.2 Å². The van der Waals surface area contributed by atoms with Gasteiger partial charge in [-0.05, 0) is 43.7 Å². The third-order valence-electron chi connectivity index (χ3n) is 5.42. The van der Waals surface area contributed by atoms with Gasteiger partial charge in [0.15, 0.2) is 0 Å². The summed E-state index contributed by atoms with van der Waals surface area (Å²) in [7, 11) is 3.54. The van der Waals surface area contributed by atoms with Crippen molar-refractivity contribution in [3.63, 3.8) is 0 Å². The SMILES string of the molecule is COC1=CN=C(CONc2ccc(F)c(C3(C)C=C(c4ccccc4)SC(C)=N3)c2)CN1C. The Balaban J connectivity index is 1.52. The Morgan fingerprint density at radius 3 is 2.73 bits per heavy atom. The second-order valence-corrected chi connectivity index (χ2v) is 9.30. The maximum atomic E-state index is 15.0. The number of ether oxygens (including phenoxy) is 1. The van der Waals surface area contributed by atoms with Crippen LogP contribution in [0.2, 0.25) is 0 Å². The smallest absolute Gasteiger partial charge is 0.208 e. The fourth-order valence-corrected chi connectivity index (χ4v) is 4.91. The minimum Gasteiger partial charge on any atom is -0.481 e. The third kappa shape index (κ3) is 5.29. The van der Waals surface area contributed by atoms with Crippen LogP contribution in [0.4, 0.5) is 10.1 Å². The molecule has 1 unspecified atom stereocenters. The molecule has 2 aliphatic heterocycles. The number of aliphatic imine (C=N–C) groups is 2. The van der Waals surface area contributed by atoms with Crippen LogP contribution in [0.3, 0.4) is 0 Å². The fourth-order valence-electron chi connectivity index (χ4n) is 3.82. The standard InChI is InChI=1S/C25H27FN4O2S/c1-17-28-25(2,13-23(33-17)18-8-6-5-7-9-18)21-12-19(10-11-22(21)26)29-32-16-20-15-30(3)24(31-4)14-27-20/h5-14,29H,15-16H2,1-4H3. The molecule has 0 spiro atoms. The molecule has 33 heavy (non-hydrogen) atoms. The zero-order chi connectivity index (χ0) is 23.4. The van der Waals surface area contributed by atoms with Crippen LogP contribution >= 0.6 is 11.8 Å². The largest absolute Gasteiger partial charge is 0.481 e. The number of anilines is 1. The predicted molar refractivity (Wildman–Crippen MR) is 134 cm³/mol. The first kappa shape index (κ1) is 23.1. The Bertz CT molecular complexity index is 1150. The van der Waals surface area contributed by atoms with Gasteiger partial charge in [-0.1, -0.05) is 42.1 Å². The molecule has 1 N–H and O–H groups in total. The highest BCUT2D eigenvalue weighted by Crippen LogP contribution is 2.42. The Morgan fingerprint density at radius 2 is 2.00 bits per heavy atom. The van der Waals surface area contributed by atoms with Crippen molar-refractivity contribution < 1.29 is 14.0 Å². The molecule has 6 nitrogen and oxygen atoms in total. The summed E-state index contributed by atoms with van der Waals surface area (Å²) in [4.78, 5) is 17.8. The first-order valence-corrected chi connectivity index (χ1v) is 11.4. The van der Waals surface area contributed by atoms with Crippen molar-refractivity contribution in [1.29, 1.82) is 0 Å². The number of halogens is 1. The molecule has 0 saturated heterocycles. The molecule has 2 aromatic rings. The minimum atomic E-state index is -0.834. The van der Waals surface area contributed by atoms with E-state index in [-0.39, 0.29) is 12.4 Å². The molecule has 4 rings (SSSR count). The van der Waals surface area contributed by atoms with E-state index in [1.807, 2.05) is 50.1 Å². The predicted octanol–water partition coefficient (Wildman–Crippen LogP) is 5.42. The number of nitrogens with zero attached hydrogens (tertiary/aromatic N) is 3. The molecule has 0 aliphatic carbocycles. The Kier molecular flexibility index (Phi) is 6.85. The van der Waals surface area contributed by atoms with Crippen LogP contribution in [-0.4, -0.2) is 43.0 Å². The summed E-state index contributed by atoms with van der Waals surface area (Å²) in [6, 6.07) is 14.9. The van der Waals surface area contributed by atoms with Gasteiger partial charge in [0.25, 0.3) is 0 Å². The summed E-state index contributed by atoms with van der Waals surface area (Å²) in [5, 5.41) is 0.885. The summed E-state index contributed by atoms with van der Waals surface area (Å²) < 4.78 is 20.2. The van der Waals surface area contributed by atoms with Gasteiger partial charge < -0.3 is 9.64 Å². The monoisotopic (exact) mass is 466 g/mol. The Morgan fingerprint density at radius 1 is 1.21 bits per heavy atom. The summed E-state index contributed by atoms with van der Waals surface area (Å²) in [5.41, 5.74) is 5.14. The van der Waals surface area contributed by atoms with Gasteiger partial charge in [0.05, 0.1) is 36.3 Å². The number of thioether (sulfide) groups is 1. The maximum Gasteiger partial charge on any atom is 0.208 e. The van der Waals surface area contributed by atoms with Crippen molar-refractivity contribution in [2.45, 2.75) is 19.4 Å². The van der Waals surface area contributed by atoms with Gasteiger partial charge in [0.1, 0.15) is 18.0 Å². The van der Waals surface area contributed by atoms with E-state index in [2.05, 4.69) is 22.6 Å². The number of rotatable bonds is 7. The lowest BCUT2D eigenvalue weighted by Gasteiger charge is -2.29. The van der Waals surface area contributed by atoms with Gasteiger partial charge in [-0.15, -0.1) is 0 Å². The second kappa shape index (κ2) is 9.80. The lowest BCUT2D eigenvalue weighted by molar-refractivity contribution is 0.178. The van der Waals surface area contributed by atoms with Crippen LogP contribution in [0.15, 0.2) is 76.7 Å². The average Bonchev–Trinajstić information content (AvgIpc) is 2.80. The molecule has 1 atom stereocenters. The molecule has 172 valence electrons. The lowest BCUT2D eigenvalue weighted by Crippen LogP contribution is -2.32. The minimum absolute atomic E-state index is 0.285. The van der Waals surface area contributed by atoms with Crippen LogP contribution in [0, 0.1) is 5.82 Å². The van der Waals surface area contributed by atoms with Gasteiger partial charge >= 0.3 is 0 Å². The van der Waals surface area contributed by atoms with Gasteiger partial charge in [-0.3, -0.25) is 20.3 Å². The third-order valence-corrected chi connectivity index (χ3v) is 6.38. The first-order chi connectivity index (χ1) is 15.9. The summed E-state index contributed by atoms with van der Waals surface area (Å²) in [6.07, 6.45) is 3.69. The van der Waals surface area contributed by atoms with E-state index in [9.17, 15) is 4.39 Å². The van der Waals surface area contributed by atoms with Crippen molar-refractivity contribution in [3.8, 4) is 0 Å². The van der Waals surface area contributed by atoms with Crippen molar-refractivity contribution in [2.24, 2.45) is 9.98 Å². The van der Waals surface area contributed by atoms with Gasteiger partial charge in [-0.25, -0.2) is 4.39 Å². The Hall–Kier alpha value is -3.10. The fraction of sp³-hybridized carbons (Fsp3) is 0.280. The molecule has 2 aliphatic rings. The molecule has 0 radical (unpaired) electrons. The van der Waals surface area contributed by atoms with Crippen molar-refractivity contribution in [2.75, 3.05) is 32.8 Å². The first-order valence-electron chi connectivity index (χ1n) is 10.6. The van der Waals surface area contributed by atoms with Crippen LogP contribution in [-0.2, 0) is 15.1 Å². The van der Waals surface area contributed by atoms with Crippen molar-refractivity contribution in [3.05, 3.63) is 83.6 Å². The molecule has 0 amide bonds. The van der Waals surface area contributed by atoms with E-state index >= 15 is 0 Å². The molecule has 8 heteroatoms. The van der Waals surface area contributed by atoms with E-state index in [0.29, 0.717) is 23.7 Å². The zero-order valence-corrected chi connectivity index (χ0v) is 19.9. The quantitative estimate of drug-likeness (QED) is 0.552. The molecule has 2 aromatic carbocycles. The number of hydrogen-bond acceptors (Lipinski definition) is 7. The van der Waals surface area contributed by atoms with Gasteiger partial charge in [0.2, 0.25) is 5.88 Å². The summed E-state index contributed by atoms with van der Waals surface area (Å²) >= 11 is 1.60. The normalized spacial score (nSPS) is 20.5. The van der Waals surface area contributed by atoms with E-state index in [1.165, 1.54) is 6.07 Å². The highest BCUT2D eigenvalue weighted by Gasteiger charge is 2.31. The maximum absolute atomic E-state index is 15.0. The topological polar surface area (TPSA) is 58.5 Å². The summed E-state index contributed by atoms with van der Waals surface area (Å²) in [5.74, 6) is 0.387. The van der Waals surface area contributed by atoms with Crippen LogP contribution in [0.5, 0.6) is 0 Å². The molecular weight excluding hydrogens is 439 g/mol. The molecule has 0 aromatic heterocycles. The number of methoxy groups -OCH3 is 1. The van der Waals surface area contributed by atoms with Crippen molar-refractivity contribution in [1.82, 2.24) is 4.90 Å². The van der Waals surface area contributed by atoms with Gasteiger partial charge in [-0.2, -0.15) is 0 Å². The van der Waals surface area contributed by atoms with Crippen LogP contribution < -0.4 is 5.48 Å². The van der Waals surface area contributed by atoms with E-state index in [0.717, 1.165) is 21.2 Å². The van der Waals surface area contributed by atoms with Gasteiger partial charge in [0, 0.05) is 17.5 Å². The number of benzene rings is 2. The molecule has 0 saturated carbocycles. The average molecular weight is 467 g/mol. The highest BCUT2D eigenvalue weighted by molar-refractivity contribution is 8.21. The van der Waals surface area contributed by atoms with Crippen LogP contribution in [0.1, 0.15) is 25.0 Å². The number of nitrogens with one attached hydrogen (secondary N) is 1. The Labute approximate surface area is 197 Å².